The van der Waals surface area contributed by atoms with E-state index in [1.807, 2.05) is 12.1 Å². The molecular formula is C7H6N3S. The zero-order valence-corrected chi connectivity index (χ0v) is 6.56. The Morgan fingerprint density at radius 3 is 3.18 bits per heavy atom. The summed E-state index contributed by atoms with van der Waals surface area (Å²) >= 11 is 1.34. The maximum absolute atomic E-state index is 4.16. The Balaban J connectivity index is 2.69. The number of thioether (sulfide) groups is 1. The summed E-state index contributed by atoms with van der Waals surface area (Å²) in [6, 6.07) is 3.81. The first-order valence-electron chi connectivity index (χ1n) is 3.13. The number of pyridine rings is 1. The predicted molar refractivity (Wildman–Crippen MR) is 45.1 cm³/mol. The maximum atomic E-state index is 4.16. The molecule has 2 aromatic heterocycles. The molecule has 3 nitrogen and oxygen atoms in total. The summed E-state index contributed by atoms with van der Waals surface area (Å²) in [5.74, 6) is 0. The van der Waals surface area contributed by atoms with Gasteiger partial charge in [0, 0.05) is 12.5 Å². The number of nitrogens with one attached hydrogen (secondary N) is 1. The summed E-state index contributed by atoms with van der Waals surface area (Å²) in [6.07, 6.45) is 5.37. The van der Waals surface area contributed by atoms with Gasteiger partial charge >= 0.3 is 0 Å². The van der Waals surface area contributed by atoms with Gasteiger partial charge in [-0.25, -0.2) is 9.97 Å². The second-order valence-electron chi connectivity index (χ2n) is 2.06. The van der Waals surface area contributed by atoms with Crippen LogP contribution in [-0.2, 0) is 0 Å². The molecule has 0 spiro atoms. The molecule has 0 amide bonds. The van der Waals surface area contributed by atoms with Crippen LogP contribution in [0.15, 0.2) is 23.5 Å². The van der Waals surface area contributed by atoms with Gasteiger partial charge in [-0.1, -0.05) is 11.8 Å². The third-order valence-corrected chi connectivity index (χ3v) is 1.84. The number of rotatable bonds is 1. The van der Waals surface area contributed by atoms with E-state index in [9.17, 15) is 0 Å². The zero-order valence-electron chi connectivity index (χ0n) is 5.74. The van der Waals surface area contributed by atoms with Gasteiger partial charge in [-0.3, -0.25) is 0 Å². The minimum Gasteiger partial charge on any atom is -0.332 e. The van der Waals surface area contributed by atoms with E-state index in [0.717, 1.165) is 16.3 Å². The van der Waals surface area contributed by atoms with Crippen molar-refractivity contribution >= 4 is 22.9 Å². The van der Waals surface area contributed by atoms with Crippen LogP contribution in [0.4, 0.5) is 0 Å². The lowest BCUT2D eigenvalue weighted by atomic mass is 10.4. The second-order valence-corrected chi connectivity index (χ2v) is 2.74. The van der Waals surface area contributed by atoms with Gasteiger partial charge in [0.1, 0.15) is 0 Å². The number of fused-ring (bicyclic) bond motifs is 1. The number of nitrogens with zero attached hydrogens (tertiary/aromatic N) is 2. The summed E-state index contributed by atoms with van der Waals surface area (Å²) in [6.45, 7) is 0. The van der Waals surface area contributed by atoms with E-state index in [-0.39, 0.29) is 0 Å². The number of aromatic amines is 1. The molecule has 0 aromatic carbocycles. The molecule has 1 radical (unpaired) electrons. The molecule has 0 fully saturated rings. The summed E-state index contributed by atoms with van der Waals surface area (Å²) in [5, 5.41) is 0.804. The highest BCUT2D eigenvalue weighted by molar-refractivity contribution is 8.00. The molecule has 0 aliphatic rings. The molecule has 0 saturated heterocycles. The predicted octanol–water partition coefficient (Wildman–Crippen LogP) is 1.84. The van der Waals surface area contributed by atoms with Crippen LogP contribution >= 0.6 is 11.8 Å². The van der Waals surface area contributed by atoms with Gasteiger partial charge in [0.25, 0.3) is 0 Å². The average molecular weight is 164 g/mol. The zero-order chi connectivity index (χ0) is 7.68. The van der Waals surface area contributed by atoms with Crippen molar-refractivity contribution in [1.29, 1.82) is 0 Å². The van der Waals surface area contributed by atoms with Crippen molar-refractivity contribution < 1.29 is 0 Å². The number of hydrogen-bond acceptors (Lipinski definition) is 3. The van der Waals surface area contributed by atoms with Gasteiger partial charge in [0.2, 0.25) is 0 Å². The standard InChI is InChI=1S/C7H6N3S/c1-11-7-9-5-3-2-4-8-6(5)10-7/h2-4H,1H2,(H,8,9,10). The highest BCUT2D eigenvalue weighted by Gasteiger charge is 1.99. The molecule has 0 bridgehead atoms. The number of H-pyrrole nitrogens is 1. The molecule has 0 unspecified atom stereocenters. The molecule has 4 heteroatoms. The van der Waals surface area contributed by atoms with Crippen LogP contribution < -0.4 is 0 Å². The van der Waals surface area contributed by atoms with Crippen LogP contribution in [0, 0.1) is 6.26 Å². The van der Waals surface area contributed by atoms with Gasteiger partial charge in [-0.2, -0.15) is 0 Å². The smallest absolute Gasteiger partial charge is 0.178 e. The van der Waals surface area contributed by atoms with Crippen molar-refractivity contribution in [2.24, 2.45) is 0 Å². The highest BCUT2D eigenvalue weighted by Crippen LogP contribution is 2.15. The van der Waals surface area contributed by atoms with E-state index in [4.69, 9.17) is 0 Å². The fraction of sp³-hybridized carbons (Fsp3) is 0. The monoisotopic (exact) mass is 164 g/mol. The average Bonchev–Trinajstić information content (AvgIpc) is 2.46. The van der Waals surface area contributed by atoms with E-state index in [2.05, 4.69) is 21.2 Å². The van der Waals surface area contributed by atoms with E-state index in [1.54, 1.807) is 6.20 Å². The van der Waals surface area contributed by atoms with Crippen LogP contribution in [0.1, 0.15) is 0 Å². The van der Waals surface area contributed by atoms with Crippen LogP contribution in [0.25, 0.3) is 11.2 Å². The molecule has 0 aliphatic heterocycles. The third-order valence-electron chi connectivity index (χ3n) is 1.37. The molecular weight excluding hydrogens is 158 g/mol. The Kier molecular flexibility index (Phi) is 1.54. The molecule has 55 valence electrons. The number of aromatic nitrogens is 3. The molecule has 0 atom stereocenters. The quantitative estimate of drug-likeness (QED) is 0.654. The topological polar surface area (TPSA) is 41.6 Å². The normalized spacial score (nSPS) is 10.6. The minimum absolute atomic E-state index is 0.749. The van der Waals surface area contributed by atoms with Gasteiger partial charge in [-0.05, 0) is 12.1 Å². The number of imidazole rings is 1. The summed E-state index contributed by atoms with van der Waals surface area (Å²) in [5.41, 5.74) is 1.71. The Morgan fingerprint density at radius 1 is 1.55 bits per heavy atom. The fourth-order valence-corrected chi connectivity index (χ4v) is 1.22. The molecule has 0 aliphatic carbocycles. The Hall–Kier alpha value is -1.03. The summed E-state index contributed by atoms with van der Waals surface area (Å²) < 4.78 is 0. The van der Waals surface area contributed by atoms with Crippen LogP contribution in [0.3, 0.4) is 0 Å². The molecule has 2 heterocycles. The second kappa shape index (κ2) is 2.54. The molecule has 1 N–H and O–H groups in total. The first-order valence-corrected chi connectivity index (χ1v) is 4.11. The van der Waals surface area contributed by atoms with Gasteiger partial charge in [0.05, 0.1) is 5.52 Å². The lowest BCUT2D eigenvalue weighted by molar-refractivity contribution is 1.08. The third kappa shape index (κ3) is 1.09. The summed E-state index contributed by atoms with van der Waals surface area (Å²) in [7, 11) is 0. The van der Waals surface area contributed by atoms with Gasteiger partial charge in [-0.15, -0.1) is 0 Å². The molecule has 0 saturated carbocycles. The largest absolute Gasteiger partial charge is 0.332 e. The molecule has 2 rings (SSSR count). The number of hydrogen-bond donors (Lipinski definition) is 1. The van der Waals surface area contributed by atoms with E-state index in [1.165, 1.54) is 11.8 Å². The van der Waals surface area contributed by atoms with Crippen molar-refractivity contribution in [2.45, 2.75) is 5.16 Å². The van der Waals surface area contributed by atoms with E-state index >= 15 is 0 Å². The van der Waals surface area contributed by atoms with Crippen LogP contribution in [0.5, 0.6) is 0 Å². The van der Waals surface area contributed by atoms with Crippen molar-refractivity contribution in [2.75, 3.05) is 0 Å². The van der Waals surface area contributed by atoms with Gasteiger partial charge < -0.3 is 4.98 Å². The minimum atomic E-state index is 0.749. The Labute approximate surface area is 68.2 Å². The van der Waals surface area contributed by atoms with Crippen LogP contribution in [-0.4, -0.2) is 15.0 Å². The van der Waals surface area contributed by atoms with Crippen molar-refractivity contribution in [3.8, 4) is 0 Å². The van der Waals surface area contributed by atoms with E-state index in [0.29, 0.717) is 0 Å². The van der Waals surface area contributed by atoms with E-state index < -0.39 is 0 Å². The Bertz CT molecular complexity index is 335. The first-order chi connectivity index (χ1) is 5.40. The molecule has 2 aromatic rings. The molecule has 11 heavy (non-hydrogen) atoms. The van der Waals surface area contributed by atoms with Gasteiger partial charge in [0.15, 0.2) is 10.8 Å². The highest BCUT2D eigenvalue weighted by atomic mass is 32.2. The summed E-state index contributed by atoms with van der Waals surface area (Å²) in [4.78, 5) is 11.3. The van der Waals surface area contributed by atoms with Crippen LogP contribution in [0.2, 0.25) is 0 Å². The van der Waals surface area contributed by atoms with Crippen molar-refractivity contribution in [1.82, 2.24) is 15.0 Å². The maximum Gasteiger partial charge on any atom is 0.178 e. The first kappa shape index (κ1) is 6.67. The Morgan fingerprint density at radius 2 is 2.45 bits per heavy atom. The SMILES string of the molecule is [CH2]Sc1nc2ncccc2[nH]1. The lowest BCUT2D eigenvalue weighted by Gasteiger charge is -1.81. The fourth-order valence-electron chi connectivity index (χ4n) is 0.891. The lowest BCUT2D eigenvalue weighted by Crippen LogP contribution is -1.71. The van der Waals surface area contributed by atoms with Crippen molar-refractivity contribution in [3.63, 3.8) is 0 Å². The van der Waals surface area contributed by atoms with Crippen molar-refractivity contribution in [3.05, 3.63) is 24.6 Å².